The molecule has 0 aliphatic heterocycles. The molecule has 0 saturated carbocycles. The van der Waals surface area contributed by atoms with Gasteiger partial charge in [-0.05, 0) is 19.1 Å². The number of thioether (sulfide) groups is 2. The largest absolute Gasteiger partial charge is 0.415 e. The number of hydrogen-bond acceptors (Lipinski definition) is 8. The molecule has 1 amide bonds. The van der Waals surface area contributed by atoms with Crippen LogP contribution in [0.25, 0.3) is 0 Å². The zero-order valence-corrected chi connectivity index (χ0v) is 15.4. The maximum absolute atomic E-state index is 11.9. The van der Waals surface area contributed by atoms with Gasteiger partial charge in [-0.15, -0.1) is 10.2 Å². The first-order chi connectivity index (χ1) is 12.6. The Morgan fingerprint density at radius 1 is 1.23 bits per heavy atom. The zero-order valence-electron chi connectivity index (χ0n) is 13.8. The Morgan fingerprint density at radius 3 is 2.81 bits per heavy atom. The van der Waals surface area contributed by atoms with Crippen LogP contribution < -0.4 is 10.9 Å². The second-order valence-corrected chi connectivity index (χ2v) is 7.04. The maximum Gasteiger partial charge on any atom is 0.277 e. The van der Waals surface area contributed by atoms with Crippen LogP contribution in [0, 0.1) is 6.92 Å². The highest BCUT2D eigenvalue weighted by Gasteiger charge is 2.11. The Kier molecular flexibility index (Phi) is 6.08. The topological polar surface area (TPSA) is 114 Å². The summed E-state index contributed by atoms with van der Waals surface area (Å²) in [5.74, 6) is 0.772. The highest BCUT2D eigenvalue weighted by Crippen LogP contribution is 2.21. The van der Waals surface area contributed by atoms with Crippen LogP contribution in [0.2, 0.25) is 0 Å². The first-order valence-electron chi connectivity index (χ1n) is 7.59. The summed E-state index contributed by atoms with van der Waals surface area (Å²) in [5.41, 5.74) is 1.18. The van der Waals surface area contributed by atoms with Crippen LogP contribution in [-0.4, -0.2) is 31.8 Å². The molecule has 26 heavy (non-hydrogen) atoms. The molecular weight excluding hydrogens is 374 g/mol. The average molecular weight is 389 g/mol. The van der Waals surface area contributed by atoms with Crippen molar-refractivity contribution in [1.29, 1.82) is 0 Å². The third-order valence-electron chi connectivity index (χ3n) is 3.01. The molecule has 3 aromatic rings. The fourth-order valence-electron chi connectivity index (χ4n) is 1.95. The van der Waals surface area contributed by atoms with Crippen molar-refractivity contribution in [3.8, 4) is 0 Å². The van der Waals surface area contributed by atoms with Crippen LogP contribution in [0.4, 0.5) is 5.69 Å². The lowest BCUT2D eigenvalue weighted by Gasteiger charge is -2.02. The normalized spacial score (nSPS) is 10.7. The summed E-state index contributed by atoms with van der Waals surface area (Å²) in [6, 6.07) is 10.6. The summed E-state index contributed by atoms with van der Waals surface area (Å²) in [6.07, 6.45) is 0. The molecular formula is C16H15N5O3S2. The van der Waals surface area contributed by atoms with E-state index in [9.17, 15) is 9.59 Å². The van der Waals surface area contributed by atoms with E-state index in [1.165, 1.54) is 17.8 Å². The number of aryl methyl sites for hydroxylation is 1. The van der Waals surface area contributed by atoms with Gasteiger partial charge in [0.05, 0.1) is 11.5 Å². The Labute approximate surface area is 157 Å². The molecule has 1 aromatic carbocycles. The van der Waals surface area contributed by atoms with Gasteiger partial charge in [0.2, 0.25) is 11.8 Å². The standard InChI is InChI=1S/C16H15N5O3S2/c1-10-7-12(22)19-15(17-10)25-9-14-20-21-16(24-14)26-8-13(23)18-11-5-3-2-4-6-11/h2-7H,8-9H2,1H3,(H,18,23)(H,17,19,22). The molecule has 0 aliphatic carbocycles. The summed E-state index contributed by atoms with van der Waals surface area (Å²) in [7, 11) is 0. The van der Waals surface area contributed by atoms with Crippen LogP contribution in [-0.2, 0) is 10.5 Å². The van der Waals surface area contributed by atoms with Crippen LogP contribution in [0.15, 0.2) is 56.0 Å². The maximum atomic E-state index is 11.9. The number of carbonyl (C=O) groups is 1. The van der Waals surface area contributed by atoms with Crippen molar-refractivity contribution in [1.82, 2.24) is 20.2 Å². The van der Waals surface area contributed by atoms with Gasteiger partial charge in [-0.2, -0.15) is 0 Å². The molecule has 0 bridgehead atoms. The number of anilines is 1. The van der Waals surface area contributed by atoms with Gasteiger partial charge in [-0.3, -0.25) is 9.59 Å². The first kappa shape index (κ1) is 18.2. The lowest BCUT2D eigenvalue weighted by molar-refractivity contribution is -0.113. The number of nitrogens with zero attached hydrogens (tertiary/aromatic N) is 3. The van der Waals surface area contributed by atoms with Crippen molar-refractivity contribution in [3.63, 3.8) is 0 Å². The minimum Gasteiger partial charge on any atom is -0.415 e. The Bertz CT molecular complexity index is 942. The number of hydrogen-bond donors (Lipinski definition) is 2. The van der Waals surface area contributed by atoms with E-state index in [1.54, 1.807) is 6.92 Å². The Morgan fingerprint density at radius 2 is 2.04 bits per heavy atom. The van der Waals surface area contributed by atoms with Crippen LogP contribution in [0.3, 0.4) is 0 Å². The zero-order chi connectivity index (χ0) is 18.4. The predicted octanol–water partition coefficient (Wildman–Crippen LogP) is 2.48. The Balaban J connectivity index is 1.48. The first-order valence-corrected chi connectivity index (χ1v) is 9.56. The molecule has 0 radical (unpaired) electrons. The minimum absolute atomic E-state index is 0.156. The quantitative estimate of drug-likeness (QED) is 0.468. The van der Waals surface area contributed by atoms with Crippen LogP contribution in [0.1, 0.15) is 11.6 Å². The van der Waals surface area contributed by atoms with E-state index in [1.807, 2.05) is 30.3 Å². The highest BCUT2D eigenvalue weighted by atomic mass is 32.2. The Hall–Kier alpha value is -2.59. The van der Waals surface area contributed by atoms with Crippen molar-refractivity contribution in [3.05, 3.63) is 58.3 Å². The number of aromatic nitrogens is 4. The molecule has 134 valence electrons. The van der Waals surface area contributed by atoms with E-state index in [0.29, 0.717) is 27.7 Å². The van der Waals surface area contributed by atoms with E-state index in [0.717, 1.165) is 17.4 Å². The summed E-state index contributed by atoms with van der Waals surface area (Å²) in [6.45, 7) is 1.75. The van der Waals surface area contributed by atoms with Crippen molar-refractivity contribution >= 4 is 35.1 Å². The molecule has 3 rings (SSSR count). The smallest absolute Gasteiger partial charge is 0.277 e. The predicted molar refractivity (Wildman–Crippen MR) is 99.2 cm³/mol. The van der Waals surface area contributed by atoms with Gasteiger partial charge < -0.3 is 14.7 Å². The van der Waals surface area contributed by atoms with Crippen LogP contribution in [0.5, 0.6) is 0 Å². The number of carbonyl (C=O) groups excluding carboxylic acids is 1. The summed E-state index contributed by atoms with van der Waals surface area (Å²) in [5, 5.41) is 11.4. The minimum atomic E-state index is -0.203. The third-order valence-corrected chi connectivity index (χ3v) is 4.69. The van der Waals surface area contributed by atoms with Crippen molar-refractivity contribution < 1.29 is 9.21 Å². The van der Waals surface area contributed by atoms with Gasteiger partial charge in [0.25, 0.3) is 10.8 Å². The van der Waals surface area contributed by atoms with Crippen molar-refractivity contribution in [2.24, 2.45) is 0 Å². The highest BCUT2D eigenvalue weighted by molar-refractivity contribution is 7.99. The number of rotatable bonds is 7. The fourth-order valence-corrected chi connectivity index (χ4v) is 3.29. The molecule has 0 fully saturated rings. The molecule has 10 heteroatoms. The van der Waals surface area contributed by atoms with E-state index >= 15 is 0 Å². The number of benzene rings is 1. The fraction of sp³-hybridized carbons (Fsp3) is 0.188. The molecule has 2 aromatic heterocycles. The average Bonchev–Trinajstić information content (AvgIpc) is 3.06. The van der Waals surface area contributed by atoms with E-state index in [4.69, 9.17) is 4.42 Å². The van der Waals surface area contributed by atoms with E-state index in [2.05, 4.69) is 25.5 Å². The van der Waals surface area contributed by atoms with Gasteiger partial charge in [0.1, 0.15) is 0 Å². The number of nitrogens with one attached hydrogen (secondary N) is 2. The number of aromatic amines is 1. The summed E-state index contributed by atoms with van der Waals surface area (Å²) in [4.78, 5) is 30.2. The second-order valence-electron chi connectivity index (χ2n) is 5.15. The molecule has 2 heterocycles. The molecule has 0 aliphatic rings. The molecule has 0 atom stereocenters. The van der Waals surface area contributed by atoms with E-state index in [-0.39, 0.29) is 17.2 Å². The van der Waals surface area contributed by atoms with Gasteiger partial charge in [0, 0.05) is 17.4 Å². The summed E-state index contributed by atoms with van der Waals surface area (Å²) < 4.78 is 5.49. The number of H-pyrrole nitrogens is 1. The number of amides is 1. The van der Waals surface area contributed by atoms with Gasteiger partial charge in [-0.25, -0.2) is 4.98 Å². The monoisotopic (exact) mass is 389 g/mol. The molecule has 2 N–H and O–H groups in total. The van der Waals surface area contributed by atoms with Crippen molar-refractivity contribution in [2.45, 2.75) is 23.1 Å². The summed E-state index contributed by atoms with van der Waals surface area (Å²) >= 11 is 2.45. The molecule has 0 unspecified atom stereocenters. The van der Waals surface area contributed by atoms with Gasteiger partial charge in [-0.1, -0.05) is 41.7 Å². The molecule has 8 nitrogen and oxygen atoms in total. The molecule has 0 saturated heterocycles. The van der Waals surface area contributed by atoms with Gasteiger partial charge in [0.15, 0.2) is 5.16 Å². The van der Waals surface area contributed by atoms with Crippen molar-refractivity contribution in [2.75, 3.05) is 11.1 Å². The lowest BCUT2D eigenvalue weighted by Crippen LogP contribution is -2.13. The van der Waals surface area contributed by atoms with Gasteiger partial charge >= 0.3 is 0 Å². The third kappa shape index (κ3) is 5.46. The number of para-hydroxylation sites is 1. The lowest BCUT2D eigenvalue weighted by atomic mass is 10.3. The van der Waals surface area contributed by atoms with E-state index < -0.39 is 0 Å². The second kappa shape index (κ2) is 8.68. The van der Waals surface area contributed by atoms with Crippen LogP contribution >= 0.6 is 23.5 Å². The SMILES string of the molecule is Cc1cc(=O)[nH]c(SCc2nnc(SCC(=O)Nc3ccccc3)o2)n1. The molecule has 0 spiro atoms.